The molecule has 0 spiro atoms. The van der Waals surface area contributed by atoms with Crippen LogP contribution >= 0.6 is 11.8 Å². The van der Waals surface area contributed by atoms with Crippen LogP contribution in [-0.4, -0.2) is 41.1 Å². The second kappa shape index (κ2) is 5.07. The van der Waals surface area contributed by atoms with E-state index in [1.165, 1.54) is 12.2 Å². The van der Waals surface area contributed by atoms with Gasteiger partial charge in [0, 0.05) is 29.1 Å². The van der Waals surface area contributed by atoms with Gasteiger partial charge in [0.15, 0.2) is 0 Å². The molecular weight excluding hydrogens is 204 g/mol. The van der Waals surface area contributed by atoms with Crippen LogP contribution in [0, 0.1) is 5.92 Å². The van der Waals surface area contributed by atoms with Crippen LogP contribution < -0.4 is 5.73 Å². The molecular formula is C12H26N2S. The van der Waals surface area contributed by atoms with Crippen LogP contribution in [0.25, 0.3) is 0 Å². The molecule has 0 aromatic carbocycles. The van der Waals surface area contributed by atoms with Crippen LogP contribution in [0.4, 0.5) is 0 Å². The van der Waals surface area contributed by atoms with Crippen molar-refractivity contribution in [1.82, 2.24) is 4.90 Å². The predicted octanol–water partition coefficient (Wildman–Crippen LogP) is 2.19. The molecule has 0 saturated carbocycles. The molecule has 3 heteroatoms. The molecule has 1 heterocycles. The minimum atomic E-state index is 0.244. The number of nitrogens with two attached hydrogens (primary N) is 1. The van der Waals surface area contributed by atoms with Crippen LogP contribution in [0.5, 0.6) is 0 Å². The first-order valence-electron chi connectivity index (χ1n) is 5.97. The number of hydrogen-bond acceptors (Lipinski definition) is 3. The SMILES string of the molecule is CC1CC(CN)(N(C)C(C)C(C)C)CS1. The molecule has 15 heavy (non-hydrogen) atoms. The fourth-order valence-corrected chi connectivity index (χ4v) is 3.82. The Hall–Kier alpha value is 0.270. The van der Waals surface area contributed by atoms with Crippen molar-refractivity contribution >= 4 is 11.8 Å². The fraction of sp³-hybridized carbons (Fsp3) is 1.00. The summed E-state index contributed by atoms with van der Waals surface area (Å²) >= 11 is 2.06. The van der Waals surface area contributed by atoms with E-state index in [2.05, 4.69) is 51.4 Å². The van der Waals surface area contributed by atoms with Crippen LogP contribution in [0.1, 0.15) is 34.1 Å². The summed E-state index contributed by atoms with van der Waals surface area (Å²) in [4.78, 5) is 2.52. The molecule has 3 unspecified atom stereocenters. The Balaban J connectivity index is 2.74. The molecule has 0 radical (unpaired) electrons. The zero-order valence-electron chi connectivity index (χ0n) is 10.8. The largest absolute Gasteiger partial charge is 0.329 e. The second-order valence-corrected chi connectivity index (χ2v) is 6.78. The zero-order chi connectivity index (χ0) is 11.6. The number of thioether (sulfide) groups is 1. The molecule has 1 fully saturated rings. The summed E-state index contributed by atoms with van der Waals surface area (Å²) in [6, 6.07) is 0.611. The summed E-state index contributed by atoms with van der Waals surface area (Å²) in [5.74, 6) is 1.89. The third-order valence-electron chi connectivity index (χ3n) is 4.01. The number of rotatable bonds is 4. The van der Waals surface area contributed by atoms with Gasteiger partial charge in [-0.25, -0.2) is 0 Å². The summed E-state index contributed by atoms with van der Waals surface area (Å²) in [7, 11) is 2.25. The van der Waals surface area contributed by atoms with E-state index in [1.807, 2.05) is 0 Å². The van der Waals surface area contributed by atoms with Gasteiger partial charge in [-0.3, -0.25) is 4.90 Å². The van der Waals surface area contributed by atoms with Crippen molar-refractivity contribution in [2.75, 3.05) is 19.3 Å². The lowest BCUT2D eigenvalue weighted by atomic mass is 9.90. The average Bonchev–Trinajstić information content (AvgIpc) is 2.59. The molecule has 90 valence electrons. The van der Waals surface area contributed by atoms with Gasteiger partial charge in [-0.15, -0.1) is 0 Å². The third kappa shape index (κ3) is 2.69. The fourth-order valence-electron chi connectivity index (χ4n) is 2.36. The van der Waals surface area contributed by atoms with E-state index in [0.717, 1.165) is 11.8 Å². The van der Waals surface area contributed by atoms with Crippen LogP contribution in [-0.2, 0) is 0 Å². The van der Waals surface area contributed by atoms with E-state index in [9.17, 15) is 0 Å². The van der Waals surface area contributed by atoms with E-state index in [1.54, 1.807) is 0 Å². The predicted molar refractivity (Wildman–Crippen MR) is 70.4 cm³/mol. The molecule has 1 saturated heterocycles. The highest BCUT2D eigenvalue weighted by Crippen LogP contribution is 2.38. The Kier molecular flexibility index (Phi) is 4.50. The highest BCUT2D eigenvalue weighted by Gasteiger charge is 2.42. The summed E-state index contributed by atoms with van der Waals surface area (Å²) in [5, 5.41) is 0.760. The smallest absolute Gasteiger partial charge is 0.0432 e. The lowest BCUT2D eigenvalue weighted by molar-refractivity contribution is 0.0790. The van der Waals surface area contributed by atoms with Gasteiger partial charge in [-0.1, -0.05) is 20.8 Å². The standard InChI is InChI=1S/C12H26N2S/c1-9(2)11(4)14(5)12(7-13)6-10(3)15-8-12/h9-11H,6-8,13H2,1-5H3. The van der Waals surface area contributed by atoms with Gasteiger partial charge in [0.05, 0.1) is 0 Å². The second-order valence-electron chi connectivity index (χ2n) is 5.35. The maximum atomic E-state index is 6.01. The normalized spacial score (nSPS) is 34.0. The highest BCUT2D eigenvalue weighted by atomic mass is 32.2. The van der Waals surface area contributed by atoms with Crippen LogP contribution in [0.15, 0.2) is 0 Å². The molecule has 0 aliphatic carbocycles. The molecule has 2 N–H and O–H groups in total. The Labute approximate surface area is 99.0 Å². The molecule has 1 rings (SSSR count). The van der Waals surface area contributed by atoms with E-state index in [0.29, 0.717) is 12.0 Å². The van der Waals surface area contributed by atoms with Gasteiger partial charge in [0.2, 0.25) is 0 Å². The summed E-state index contributed by atoms with van der Waals surface area (Å²) in [5.41, 5.74) is 6.26. The van der Waals surface area contributed by atoms with Crippen molar-refractivity contribution in [3.05, 3.63) is 0 Å². The molecule has 0 aromatic heterocycles. The van der Waals surface area contributed by atoms with E-state index in [-0.39, 0.29) is 5.54 Å². The van der Waals surface area contributed by atoms with Gasteiger partial charge < -0.3 is 5.73 Å². The molecule has 1 aliphatic rings. The highest BCUT2D eigenvalue weighted by molar-refractivity contribution is 8.00. The molecule has 2 nitrogen and oxygen atoms in total. The van der Waals surface area contributed by atoms with Gasteiger partial charge in [-0.2, -0.15) is 11.8 Å². The lowest BCUT2D eigenvalue weighted by Gasteiger charge is -2.43. The molecule has 1 aliphatic heterocycles. The Morgan fingerprint density at radius 2 is 2.07 bits per heavy atom. The first kappa shape index (κ1) is 13.3. The number of likely N-dealkylation sites (N-methyl/N-ethyl adjacent to an activating group) is 1. The van der Waals surface area contributed by atoms with Gasteiger partial charge in [0.25, 0.3) is 0 Å². The van der Waals surface area contributed by atoms with E-state index < -0.39 is 0 Å². The van der Waals surface area contributed by atoms with Gasteiger partial charge in [-0.05, 0) is 26.3 Å². The van der Waals surface area contributed by atoms with Gasteiger partial charge in [0.1, 0.15) is 0 Å². The Morgan fingerprint density at radius 3 is 2.40 bits per heavy atom. The minimum Gasteiger partial charge on any atom is -0.329 e. The van der Waals surface area contributed by atoms with Crippen molar-refractivity contribution in [3.63, 3.8) is 0 Å². The van der Waals surface area contributed by atoms with Crippen LogP contribution in [0.2, 0.25) is 0 Å². The minimum absolute atomic E-state index is 0.244. The summed E-state index contributed by atoms with van der Waals surface area (Å²) < 4.78 is 0. The van der Waals surface area contributed by atoms with Crippen molar-refractivity contribution in [2.45, 2.75) is 50.9 Å². The molecule has 0 bridgehead atoms. The number of nitrogens with zero attached hydrogens (tertiary/aromatic N) is 1. The quantitative estimate of drug-likeness (QED) is 0.803. The summed E-state index contributed by atoms with van der Waals surface area (Å²) in [6.07, 6.45) is 1.24. The van der Waals surface area contributed by atoms with E-state index in [4.69, 9.17) is 5.73 Å². The first-order chi connectivity index (χ1) is 6.93. The third-order valence-corrected chi connectivity index (χ3v) is 5.45. The maximum absolute atomic E-state index is 6.01. The van der Waals surface area contributed by atoms with Crippen molar-refractivity contribution in [2.24, 2.45) is 11.7 Å². The average molecular weight is 230 g/mol. The van der Waals surface area contributed by atoms with Crippen molar-refractivity contribution in [1.29, 1.82) is 0 Å². The Morgan fingerprint density at radius 1 is 1.47 bits per heavy atom. The maximum Gasteiger partial charge on any atom is 0.0432 e. The monoisotopic (exact) mass is 230 g/mol. The lowest BCUT2D eigenvalue weighted by Crippen LogP contribution is -2.56. The van der Waals surface area contributed by atoms with Crippen molar-refractivity contribution in [3.8, 4) is 0 Å². The summed E-state index contributed by atoms with van der Waals surface area (Å²) in [6.45, 7) is 10.00. The van der Waals surface area contributed by atoms with E-state index >= 15 is 0 Å². The van der Waals surface area contributed by atoms with Crippen LogP contribution in [0.3, 0.4) is 0 Å². The molecule has 0 aromatic rings. The molecule has 0 amide bonds. The number of hydrogen-bond donors (Lipinski definition) is 1. The zero-order valence-corrected chi connectivity index (χ0v) is 11.6. The Bertz CT molecular complexity index is 208. The molecule has 3 atom stereocenters. The van der Waals surface area contributed by atoms with Crippen molar-refractivity contribution < 1.29 is 0 Å². The topological polar surface area (TPSA) is 29.3 Å². The first-order valence-corrected chi connectivity index (χ1v) is 7.02. The van der Waals surface area contributed by atoms with Gasteiger partial charge >= 0.3 is 0 Å².